The third-order valence-corrected chi connectivity index (χ3v) is 4.56. The number of ether oxygens (including phenoxy) is 2. The van der Waals surface area contributed by atoms with Gasteiger partial charge in [-0.15, -0.1) is 0 Å². The zero-order valence-electron chi connectivity index (χ0n) is 16.0. The molecule has 0 aliphatic carbocycles. The monoisotopic (exact) mass is 367 g/mol. The number of anilines is 1. The summed E-state index contributed by atoms with van der Waals surface area (Å²) in [7, 11) is 3.20. The molecule has 0 spiro atoms. The van der Waals surface area contributed by atoms with Crippen molar-refractivity contribution < 1.29 is 14.3 Å². The Hall–Kier alpha value is -3.15. The van der Waals surface area contributed by atoms with Gasteiger partial charge in [0, 0.05) is 17.1 Å². The van der Waals surface area contributed by atoms with Crippen LogP contribution >= 0.6 is 0 Å². The number of carbonyl (C=O) groups is 1. The number of aromatic nitrogens is 1. The number of methoxy groups -OCH3 is 2. The highest BCUT2D eigenvalue weighted by Gasteiger charge is 2.20. The molecule has 3 rings (SSSR count). The van der Waals surface area contributed by atoms with Crippen molar-refractivity contribution in [1.82, 2.24) is 10.3 Å². The first kappa shape index (κ1) is 18.6. The summed E-state index contributed by atoms with van der Waals surface area (Å²) in [5, 5.41) is 6.99. The van der Waals surface area contributed by atoms with Gasteiger partial charge < -0.3 is 25.1 Å². The number of nitrogens with one attached hydrogen (secondary N) is 3. The maximum absolute atomic E-state index is 12.7. The molecule has 2 aromatic carbocycles. The summed E-state index contributed by atoms with van der Waals surface area (Å²) >= 11 is 0. The van der Waals surface area contributed by atoms with E-state index in [1.54, 1.807) is 14.2 Å². The van der Waals surface area contributed by atoms with Crippen molar-refractivity contribution >= 4 is 22.6 Å². The van der Waals surface area contributed by atoms with Crippen LogP contribution < -0.4 is 20.1 Å². The second-order valence-corrected chi connectivity index (χ2v) is 6.68. The van der Waals surface area contributed by atoms with Gasteiger partial charge in [-0.1, -0.05) is 26.0 Å². The largest absolute Gasteiger partial charge is 0.493 e. The molecule has 1 heterocycles. The number of hydrogen-bond donors (Lipinski definition) is 3. The molecule has 27 heavy (non-hydrogen) atoms. The molecule has 0 bridgehead atoms. The molecule has 0 fully saturated rings. The second-order valence-electron chi connectivity index (χ2n) is 6.68. The molecule has 0 saturated heterocycles. The molecule has 0 saturated carbocycles. The Morgan fingerprint density at radius 2 is 1.81 bits per heavy atom. The average molecular weight is 367 g/mol. The van der Waals surface area contributed by atoms with E-state index in [1.165, 1.54) is 0 Å². The van der Waals surface area contributed by atoms with Gasteiger partial charge in [0.25, 0.3) is 0 Å². The summed E-state index contributed by atoms with van der Waals surface area (Å²) in [5.41, 5.74) is 2.70. The van der Waals surface area contributed by atoms with Gasteiger partial charge in [0.2, 0.25) is 0 Å². The summed E-state index contributed by atoms with van der Waals surface area (Å²) in [6.07, 6.45) is 1.86. The van der Waals surface area contributed by atoms with Crippen LogP contribution in [0.25, 0.3) is 10.9 Å². The summed E-state index contributed by atoms with van der Waals surface area (Å²) in [6, 6.07) is 13.0. The topological polar surface area (TPSA) is 75.4 Å². The highest BCUT2D eigenvalue weighted by molar-refractivity contribution is 6.00. The predicted molar refractivity (Wildman–Crippen MR) is 108 cm³/mol. The highest BCUT2D eigenvalue weighted by Crippen LogP contribution is 2.32. The first-order chi connectivity index (χ1) is 13.0. The van der Waals surface area contributed by atoms with Crippen LogP contribution in [0.3, 0.4) is 0 Å². The van der Waals surface area contributed by atoms with Crippen LogP contribution in [-0.2, 0) is 0 Å². The van der Waals surface area contributed by atoms with Crippen LogP contribution in [0.4, 0.5) is 10.5 Å². The fourth-order valence-corrected chi connectivity index (χ4v) is 3.18. The number of fused-ring (bicyclic) bond motifs is 1. The first-order valence-corrected chi connectivity index (χ1v) is 8.89. The fourth-order valence-electron chi connectivity index (χ4n) is 3.18. The van der Waals surface area contributed by atoms with E-state index in [0.29, 0.717) is 11.5 Å². The zero-order chi connectivity index (χ0) is 19.4. The lowest BCUT2D eigenvalue weighted by atomic mass is 9.96. The number of urea groups is 1. The number of aromatic amines is 1. The van der Waals surface area contributed by atoms with Crippen LogP contribution in [0.5, 0.6) is 11.5 Å². The van der Waals surface area contributed by atoms with Crippen LogP contribution in [-0.4, -0.2) is 25.2 Å². The number of benzene rings is 2. The molecule has 3 N–H and O–H groups in total. The van der Waals surface area contributed by atoms with Crippen LogP contribution in [0.2, 0.25) is 0 Å². The number of amides is 2. The highest BCUT2D eigenvalue weighted by atomic mass is 16.5. The van der Waals surface area contributed by atoms with Gasteiger partial charge in [-0.05, 0) is 41.8 Å². The quantitative estimate of drug-likeness (QED) is 0.591. The average Bonchev–Trinajstić information content (AvgIpc) is 3.15. The molecule has 2 amide bonds. The van der Waals surface area contributed by atoms with Crippen LogP contribution in [0.1, 0.15) is 25.5 Å². The Labute approximate surface area is 158 Å². The van der Waals surface area contributed by atoms with Crippen molar-refractivity contribution in [2.45, 2.75) is 19.9 Å². The maximum atomic E-state index is 12.7. The number of carbonyl (C=O) groups excluding carboxylic acids is 1. The van der Waals surface area contributed by atoms with Gasteiger partial charge in [0.15, 0.2) is 11.5 Å². The van der Waals surface area contributed by atoms with Gasteiger partial charge in [0.05, 0.1) is 25.9 Å². The zero-order valence-corrected chi connectivity index (χ0v) is 16.0. The molecule has 6 nitrogen and oxygen atoms in total. The Morgan fingerprint density at radius 1 is 1.04 bits per heavy atom. The fraction of sp³-hybridized carbons (Fsp3) is 0.286. The Kier molecular flexibility index (Phi) is 5.54. The Bertz CT molecular complexity index is 933. The molecular weight excluding hydrogens is 342 g/mol. The van der Waals surface area contributed by atoms with E-state index < -0.39 is 0 Å². The number of hydrogen-bond acceptors (Lipinski definition) is 3. The molecule has 3 aromatic rings. The third-order valence-electron chi connectivity index (χ3n) is 4.56. The van der Waals surface area contributed by atoms with Crippen molar-refractivity contribution in [3.63, 3.8) is 0 Å². The van der Waals surface area contributed by atoms with Gasteiger partial charge in [0.1, 0.15) is 0 Å². The Morgan fingerprint density at radius 3 is 2.52 bits per heavy atom. The lowest BCUT2D eigenvalue weighted by molar-refractivity contribution is 0.244. The molecule has 1 atom stereocenters. The predicted octanol–water partition coefficient (Wildman–Crippen LogP) is 4.70. The van der Waals surface area contributed by atoms with Crippen LogP contribution in [0, 0.1) is 5.92 Å². The summed E-state index contributed by atoms with van der Waals surface area (Å²) < 4.78 is 10.7. The Balaban J connectivity index is 1.80. The second kappa shape index (κ2) is 8.03. The van der Waals surface area contributed by atoms with Crippen molar-refractivity contribution in [3.8, 4) is 11.5 Å². The lowest BCUT2D eigenvalue weighted by Gasteiger charge is -2.24. The van der Waals surface area contributed by atoms with E-state index in [1.807, 2.05) is 48.7 Å². The normalized spacial score (nSPS) is 12.0. The smallest absolute Gasteiger partial charge is 0.319 e. The van der Waals surface area contributed by atoms with Crippen molar-refractivity contribution in [3.05, 3.63) is 54.2 Å². The van der Waals surface area contributed by atoms with Crippen molar-refractivity contribution in [2.75, 3.05) is 19.5 Å². The van der Waals surface area contributed by atoms with E-state index in [2.05, 4.69) is 29.5 Å². The van der Waals surface area contributed by atoms with E-state index >= 15 is 0 Å². The molecule has 0 radical (unpaired) electrons. The van der Waals surface area contributed by atoms with Crippen molar-refractivity contribution in [2.24, 2.45) is 5.92 Å². The van der Waals surface area contributed by atoms with E-state index in [0.717, 1.165) is 22.2 Å². The van der Waals surface area contributed by atoms with Crippen LogP contribution in [0.15, 0.2) is 48.7 Å². The molecule has 6 heteroatoms. The maximum Gasteiger partial charge on any atom is 0.319 e. The number of H-pyrrole nitrogens is 1. The standard InChI is InChI=1S/C21H25N3O3/c1-13(2)20(14-8-9-18(26-3)19(12-14)27-4)24-21(25)23-17-7-5-6-16-15(17)10-11-22-16/h5-13,20,22H,1-4H3,(H2,23,24,25). The molecule has 0 aliphatic rings. The van der Waals surface area contributed by atoms with Gasteiger partial charge in [-0.25, -0.2) is 4.79 Å². The van der Waals surface area contributed by atoms with E-state index in [4.69, 9.17) is 9.47 Å². The molecule has 142 valence electrons. The third kappa shape index (κ3) is 4.00. The molecule has 1 unspecified atom stereocenters. The molecular formula is C21H25N3O3. The van der Waals surface area contributed by atoms with E-state index in [-0.39, 0.29) is 18.0 Å². The number of rotatable bonds is 6. The van der Waals surface area contributed by atoms with Crippen molar-refractivity contribution in [1.29, 1.82) is 0 Å². The summed E-state index contributed by atoms with van der Waals surface area (Å²) in [6.45, 7) is 4.13. The lowest BCUT2D eigenvalue weighted by Crippen LogP contribution is -2.35. The molecule has 0 aliphatic heterocycles. The molecule has 1 aromatic heterocycles. The minimum absolute atomic E-state index is 0.171. The van der Waals surface area contributed by atoms with Gasteiger partial charge in [-0.3, -0.25) is 0 Å². The van der Waals surface area contributed by atoms with Gasteiger partial charge >= 0.3 is 6.03 Å². The first-order valence-electron chi connectivity index (χ1n) is 8.89. The van der Waals surface area contributed by atoms with Gasteiger partial charge in [-0.2, -0.15) is 0 Å². The summed E-state index contributed by atoms with van der Waals surface area (Å²) in [4.78, 5) is 15.8. The van der Waals surface area contributed by atoms with E-state index in [9.17, 15) is 4.79 Å². The SMILES string of the molecule is COc1ccc(C(NC(=O)Nc2cccc3[nH]ccc23)C(C)C)cc1OC. The summed E-state index contributed by atoms with van der Waals surface area (Å²) in [5.74, 6) is 1.49. The minimum atomic E-state index is -0.253. The minimum Gasteiger partial charge on any atom is -0.493 e.